The van der Waals surface area contributed by atoms with Crippen LogP contribution in [0.3, 0.4) is 0 Å². The fourth-order valence-electron chi connectivity index (χ4n) is 2.52. The second-order valence-corrected chi connectivity index (χ2v) is 5.60. The lowest BCUT2D eigenvalue weighted by molar-refractivity contribution is -0.415. The van der Waals surface area contributed by atoms with Crippen molar-refractivity contribution < 1.29 is 55.1 Å². The highest BCUT2D eigenvalue weighted by Gasteiger charge is 2.55. The highest BCUT2D eigenvalue weighted by Crippen LogP contribution is 2.32. The zero-order chi connectivity index (χ0) is 17.4. The van der Waals surface area contributed by atoms with E-state index in [9.17, 15) is 35.7 Å². The van der Waals surface area contributed by atoms with E-state index in [2.05, 4.69) is 0 Å². The predicted molar refractivity (Wildman–Crippen MR) is 68.6 cm³/mol. The Hall–Kier alpha value is -0.440. The van der Waals surface area contributed by atoms with E-state index in [4.69, 9.17) is 19.3 Å². The Balaban J connectivity index is 2.17. The summed E-state index contributed by atoms with van der Waals surface area (Å²) in [6, 6.07) is 0. The summed E-state index contributed by atoms with van der Waals surface area (Å²) >= 11 is 0. The fourth-order valence-corrected chi connectivity index (χ4v) is 2.52. The first-order chi connectivity index (χ1) is 10.8. The van der Waals surface area contributed by atoms with Crippen molar-refractivity contribution in [1.29, 1.82) is 0 Å². The van der Waals surface area contributed by atoms with E-state index in [1.165, 1.54) is 0 Å². The van der Waals surface area contributed by atoms with Crippen molar-refractivity contribution in [3.63, 3.8) is 0 Å². The van der Waals surface area contributed by atoms with Crippen LogP contribution in [0.5, 0.6) is 0 Å². The van der Waals surface area contributed by atoms with Crippen LogP contribution in [0.4, 0.5) is 0 Å². The summed E-state index contributed by atoms with van der Waals surface area (Å²) in [6.45, 7) is -2.13. The van der Waals surface area contributed by atoms with Gasteiger partial charge in [-0.15, -0.1) is 0 Å². The second-order valence-electron chi connectivity index (χ2n) is 5.60. The van der Waals surface area contributed by atoms with Gasteiger partial charge in [0.25, 0.3) is 0 Å². The Morgan fingerprint density at radius 2 is 1.57 bits per heavy atom. The Bertz CT molecular complexity index is 393. The molecule has 2 rings (SSSR count). The molecule has 23 heavy (non-hydrogen) atoms. The Kier molecular flexibility index (Phi) is 5.92. The molecule has 0 aromatic rings. The van der Waals surface area contributed by atoms with Gasteiger partial charge in [-0.3, -0.25) is 0 Å². The minimum absolute atomic E-state index is 0.476. The van der Waals surface area contributed by atoms with Gasteiger partial charge >= 0.3 is 0 Å². The average Bonchev–Trinajstić information content (AvgIpc) is 2.56. The highest BCUT2D eigenvalue weighted by atomic mass is 16.8. The monoisotopic (exact) mass is 342 g/mol. The summed E-state index contributed by atoms with van der Waals surface area (Å²) in [5, 5.41) is 77.0. The van der Waals surface area contributed by atoms with Crippen LogP contribution in [0.15, 0.2) is 0 Å². The summed E-state index contributed by atoms with van der Waals surface area (Å²) in [5.74, 6) is -2.23. The molecule has 2 aliphatic heterocycles. The predicted octanol–water partition coefficient (Wildman–Crippen LogP) is -5.40. The largest absolute Gasteiger partial charge is 0.394 e. The standard InChI is InChI=1S/C12H22O11/c13-1-5-7(17)8(18)9(19)11(22-5)23-12(3-14)10(20)6(16)4(15)2-21-12/h4-11,13-20H,1-3H2/t4-,5?,6?,7-,8?,9?,10?,11+,12+/m1/s1. The molecule has 5 unspecified atom stereocenters. The van der Waals surface area contributed by atoms with E-state index in [0.29, 0.717) is 0 Å². The van der Waals surface area contributed by atoms with Crippen LogP contribution in [-0.4, -0.2) is 115 Å². The van der Waals surface area contributed by atoms with E-state index >= 15 is 0 Å². The molecule has 2 aliphatic rings. The molecule has 9 atom stereocenters. The summed E-state index contributed by atoms with van der Waals surface area (Å²) < 4.78 is 15.4. The molecule has 2 heterocycles. The van der Waals surface area contributed by atoms with Crippen molar-refractivity contribution >= 4 is 0 Å². The van der Waals surface area contributed by atoms with Gasteiger partial charge in [0.15, 0.2) is 6.29 Å². The number of hydrogen-bond acceptors (Lipinski definition) is 11. The van der Waals surface area contributed by atoms with Gasteiger partial charge < -0.3 is 55.1 Å². The number of rotatable bonds is 4. The first-order valence-corrected chi connectivity index (χ1v) is 7.04. The van der Waals surface area contributed by atoms with Gasteiger partial charge in [-0.2, -0.15) is 0 Å². The Morgan fingerprint density at radius 3 is 2.13 bits per heavy atom. The van der Waals surface area contributed by atoms with Gasteiger partial charge in [-0.1, -0.05) is 0 Å². The highest BCUT2D eigenvalue weighted by molar-refractivity contribution is 4.95. The van der Waals surface area contributed by atoms with E-state index in [0.717, 1.165) is 0 Å². The molecule has 11 nitrogen and oxygen atoms in total. The van der Waals surface area contributed by atoms with Crippen LogP contribution in [0.2, 0.25) is 0 Å². The fraction of sp³-hybridized carbons (Fsp3) is 1.00. The molecule has 8 N–H and O–H groups in total. The topological polar surface area (TPSA) is 190 Å². The molecule has 0 aromatic heterocycles. The molecule has 2 saturated heterocycles. The molecule has 0 radical (unpaired) electrons. The van der Waals surface area contributed by atoms with E-state index in [1.807, 2.05) is 0 Å². The van der Waals surface area contributed by atoms with E-state index in [-0.39, 0.29) is 0 Å². The van der Waals surface area contributed by atoms with Crippen molar-refractivity contribution in [2.24, 2.45) is 0 Å². The summed E-state index contributed by atoms with van der Waals surface area (Å²) in [7, 11) is 0. The molecule has 0 aromatic carbocycles. The van der Waals surface area contributed by atoms with Crippen molar-refractivity contribution in [2.75, 3.05) is 19.8 Å². The van der Waals surface area contributed by atoms with Gasteiger partial charge in [0.05, 0.1) is 13.2 Å². The molecule has 11 heteroatoms. The number of hydrogen-bond donors (Lipinski definition) is 8. The van der Waals surface area contributed by atoms with Gasteiger partial charge in [-0.05, 0) is 0 Å². The van der Waals surface area contributed by atoms with Crippen LogP contribution in [0.25, 0.3) is 0 Å². The summed E-state index contributed by atoms with van der Waals surface area (Å²) in [4.78, 5) is 0. The summed E-state index contributed by atoms with van der Waals surface area (Å²) in [5.41, 5.74) is 0. The average molecular weight is 342 g/mol. The van der Waals surface area contributed by atoms with Crippen molar-refractivity contribution in [2.45, 2.75) is 54.8 Å². The van der Waals surface area contributed by atoms with Gasteiger partial charge in [0.2, 0.25) is 5.79 Å². The first-order valence-electron chi connectivity index (χ1n) is 7.04. The maximum absolute atomic E-state index is 10.00. The van der Waals surface area contributed by atoms with E-state index in [1.54, 1.807) is 0 Å². The third-order valence-electron chi connectivity index (χ3n) is 4.05. The van der Waals surface area contributed by atoms with Crippen molar-refractivity contribution in [1.82, 2.24) is 0 Å². The van der Waals surface area contributed by atoms with Crippen LogP contribution in [-0.2, 0) is 14.2 Å². The third-order valence-corrected chi connectivity index (χ3v) is 4.05. The molecule has 0 amide bonds. The second kappa shape index (κ2) is 7.21. The Labute approximate surface area is 130 Å². The zero-order valence-corrected chi connectivity index (χ0v) is 12.0. The van der Waals surface area contributed by atoms with Gasteiger partial charge in [0.1, 0.15) is 49.3 Å². The number of ether oxygens (including phenoxy) is 3. The van der Waals surface area contributed by atoms with Crippen LogP contribution < -0.4 is 0 Å². The lowest BCUT2D eigenvalue weighted by atomic mass is 9.96. The maximum atomic E-state index is 10.00. The minimum Gasteiger partial charge on any atom is -0.394 e. The summed E-state index contributed by atoms with van der Waals surface area (Å²) in [6.07, 6.45) is -13.0. The van der Waals surface area contributed by atoms with Gasteiger partial charge in [-0.25, -0.2) is 0 Å². The molecule has 0 bridgehead atoms. The molecular weight excluding hydrogens is 320 g/mol. The number of aliphatic hydroxyl groups excluding tert-OH is 8. The van der Waals surface area contributed by atoms with Crippen LogP contribution in [0, 0.1) is 0 Å². The number of aliphatic hydroxyl groups is 8. The van der Waals surface area contributed by atoms with Crippen LogP contribution >= 0.6 is 0 Å². The smallest absolute Gasteiger partial charge is 0.223 e. The quantitative estimate of drug-likeness (QED) is 0.243. The molecule has 0 spiro atoms. The van der Waals surface area contributed by atoms with Crippen molar-refractivity contribution in [3.8, 4) is 0 Å². The SMILES string of the molecule is OCC1O[C@@H](O[C@]2(CO)OC[C@@H](O)C(O)C2O)C(O)C(O)[C@@H]1O. The molecule has 2 fully saturated rings. The first kappa shape index (κ1) is 18.9. The van der Waals surface area contributed by atoms with Crippen molar-refractivity contribution in [3.05, 3.63) is 0 Å². The van der Waals surface area contributed by atoms with E-state index < -0.39 is 74.6 Å². The lowest BCUT2D eigenvalue weighted by Gasteiger charge is -2.48. The minimum atomic E-state index is -2.23. The normalized spacial score (nSPS) is 51.7. The van der Waals surface area contributed by atoms with Gasteiger partial charge in [0, 0.05) is 0 Å². The molecular formula is C12H22O11. The maximum Gasteiger partial charge on any atom is 0.223 e. The molecule has 0 saturated carbocycles. The lowest BCUT2D eigenvalue weighted by Crippen LogP contribution is -2.68. The molecule has 136 valence electrons. The third kappa shape index (κ3) is 3.36. The molecule has 0 aliphatic carbocycles. The zero-order valence-electron chi connectivity index (χ0n) is 12.0. The van der Waals surface area contributed by atoms with Crippen LogP contribution in [0.1, 0.15) is 0 Å². The Morgan fingerprint density at radius 1 is 0.913 bits per heavy atom.